The molecule has 0 saturated carbocycles. The molecule has 1 atom stereocenters. The molecule has 1 aromatic heterocycles. The summed E-state index contributed by atoms with van der Waals surface area (Å²) < 4.78 is 11.9. The van der Waals surface area contributed by atoms with Gasteiger partial charge in [-0.2, -0.15) is 5.10 Å². The Morgan fingerprint density at radius 3 is 2.87 bits per heavy atom. The molecule has 0 amide bonds. The monoisotopic (exact) mass is 213 g/mol. The number of nitrogens with two attached hydrogens (primary N) is 1. The van der Waals surface area contributed by atoms with Crippen LogP contribution in [0.1, 0.15) is 18.2 Å². The van der Waals surface area contributed by atoms with Crippen LogP contribution < -0.4 is 5.73 Å². The van der Waals surface area contributed by atoms with Crippen LogP contribution in [0.5, 0.6) is 0 Å². The Balaban J connectivity index is 2.16. The van der Waals surface area contributed by atoms with Crippen LogP contribution in [0.15, 0.2) is 12.3 Å². The fourth-order valence-corrected chi connectivity index (χ4v) is 1.23. The van der Waals surface area contributed by atoms with Gasteiger partial charge in [-0.3, -0.25) is 4.68 Å². The molecule has 15 heavy (non-hydrogen) atoms. The van der Waals surface area contributed by atoms with Crippen molar-refractivity contribution in [1.29, 1.82) is 0 Å². The van der Waals surface area contributed by atoms with Gasteiger partial charge in [0.2, 0.25) is 0 Å². The average molecular weight is 213 g/mol. The average Bonchev–Trinajstić information content (AvgIpc) is 2.64. The zero-order chi connectivity index (χ0) is 11.1. The molecule has 0 spiro atoms. The van der Waals surface area contributed by atoms with E-state index in [-0.39, 0.29) is 6.04 Å². The van der Waals surface area contributed by atoms with E-state index in [0.717, 1.165) is 12.1 Å². The number of methoxy groups -OCH3 is 1. The minimum absolute atomic E-state index is 0.0475. The topological polar surface area (TPSA) is 62.3 Å². The third-order valence-electron chi connectivity index (χ3n) is 2.12. The summed E-state index contributed by atoms with van der Waals surface area (Å²) in [5.74, 6) is 0. The smallest absolute Gasteiger partial charge is 0.0792 e. The molecule has 5 heteroatoms. The summed E-state index contributed by atoms with van der Waals surface area (Å²) in [5, 5.41) is 4.24. The highest BCUT2D eigenvalue weighted by Crippen LogP contribution is 2.10. The number of hydrogen-bond donors (Lipinski definition) is 1. The first-order valence-electron chi connectivity index (χ1n) is 5.06. The Labute approximate surface area is 90.2 Å². The van der Waals surface area contributed by atoms with Gasteiger partial charge in [0.25, 0.3) is 0 Å². The van der Waals surface area contributed by atoms with Crippen molar-refractivity contribution in [3.63, 3.8) is 0 Å². The molecule has 86 valence electrons. The lowest BCUT2D eigenvalue weighted by Gasteiger charge is -2.08. The molecule has 0 aliphatic carbocycles. The standard InChI is InChI=1S/C10H19N3O2/c1-13-5-3-10(12-13)9(11)4-6-15-8-7-14-2/h3,5,9H,4,6-8,11H2,1-2H3. The van der Waals surface area contributed by atoms with Crippen LogP contribution in [-0.2, 0) is 16.5 Å². The summed E-state index contributed by atoms with van der Waals surface area (Å²) in [7, 11) is 3.54. The summed E-state index contributed by atoms with van der Waals surface area (Å²) >= 11 is 0. The van der Waals surface area contributed by atoms with Crippen molar-refractivity contribution in [3.05, 3.63) is 18.0 Å². The third kappa shape index (κ3) is 4.42. The first-order chi connectivity index (χ1) is 7.24. The highest BCUT2D eigenvalue weighted by Gasteiger charge is 2.08. The highest BCUT2D eigenvalue weighted by molar-refractivity contribution is 5.04. The van der Waals surface area contributed by atoms with E-state index in [0.29, 0.717) is 19.8 Å². The Morgan fingerprint density at radius 1 is 1.47 bits per heavy atom. The third-order valence-corrected chi connectivity index (χ3v) is 2.12. The van der Waals surface area contributed by atoms with Gasteiger partial charge in [-0.1, -0.05) is 0 Å². The van der Waals surface area contributed by atoms with Crippen molar-refractivity contribution in [2.45, 2.75) is 12.5 Å². The van der Waals surface area contributed by atoms with Crippen molar-refractivity contribution in [1.82, 2.24) is 9.78 Å². The summed E-state index contributed by atoms with van der Waals surface area (Å²) in [4.78, 5) is 0. The molecule has 1 aromatic rings. The van der Waals surface area contributed by atoms with Crippen molar-refractivity contribution in [3.8, 4) is 0 Å². The Hall–Kier alpha value is -0.910. The Kier molecular flexibility index (Phi) is 5.31. The SMILES string of the molecule is COCCOCCC(N)c1ccn(C)n1. The second-order valence-electron chi connectivity index (χ2n) is 3.41. The van der Waals surface area contributed by atoms with E-state index < -0.39 is 0 Å². The van der Waals surface area contributed by atoms with Gasteiger partial charge in [0.05, 0.1) is 24.9 Å². The molecule has 0 aliphatic rings. The summed E-state index contributed by atoms with van der Waals surface area (Å²) in [6.07, 6.45) is 2.67. The molecule has 0 saturated heterocycles. The van der Waals surface area contributed by atoms with E-state index in [9.17, 15) is 0 Å². The second kappa shape index (κ2) is 6.55. The van der Waals surface area contributed by atoms with Crippen LogP contribution in [0.25, 0.3) is 0 Å². The van der Waals surface area contributed by atoms with Crippen molar-refractivity contribution < 1.29 is 9.47 Å². The molecule has 1 rings (SSSR count). The van der Waals surface area contributed by atoms with E-state index in [1.165, 1.54) is 0 Å². The van der Waals surface area contributed by atoms with E-state index in [1.807, 2.05) is 19.3 Å². The maximum atomic E-state index is 5.94. The van der Waals surface area contributed by atoms with Gasteiger partial charge >= 0.3 is 0 Å². The first-order valence-corrected chi connectivity index (χ1v) is 5.06. The van der Waals surface area contributed by atoms with Gasteiger partial charge in [0.15, 0.2) is 0 Å². The molecule has 0 fully saturated rings. The minimum atomic E-state index is -0.0475. The van der Waals surface area contributed by atoms with Crippen LogP contribution in [-0.4, -0.2) is 36.7 Å². The number of rotatable bonds is 7. The Morgan fingerprint density at radius 2 is 2.27 bits per heavy atom. The van der Waals surface area contributed by atoms with E-state index in [1.54, 1.807) is 11.8 Å². The predicted octanol–water partition coefficient (Wildman–Crippen LogP) is 0.473. The minimum Gasteiger partial charge on any atom is -0.382 e. The number of aromatic nitrogens is 2. The van der Waals surface area contributed by atoms with Gasteiger partial charge in [-0.25, -0.2) is 0 Å². The molecule has 0 aliphatic heterocycles. The van der Waals surface area contributed by atoms with E-state index in [2.05, 4.69) is 5.10 Å². The normalized spacial score (nSPS) is 13.0. The molecular weight excluding hydrogens is 194 g/mol. The molecule has 5 nitrogen and oxygen atoms in total. The molecular formula is C10H19N3O2. The molecule has 0 bridgehead atoms. The highest BCUT2D eigenvalue weighted by atomic mass is 16.5. The summed E-state index contributed by atoms with van der Waals surface area (Å²) in [5.41, 5.74) is 6.85. The lowest BCUT2D eigenvalue weighted by atomic mass is 10.2. The van der Waals surface area contributed by atoms with Crippen LogP contribution in [0.2, 0.25) is 0 Å². The predicted molar refractivity (Wildman–Crippen MR) is 57.4 cm³/mol. The van der Waals surface area contributed by atoms with Gasteiger partial charge < -0.3 is 15.2 Å². The fourth-order valence-electron chi connectivity index (χ4n) is 1.23. The van der Waals surface area contributed by atoms with Crippen LogP contribution >= 0.6 is 0 Å². The molecule has 2 N–H and O–H groups in total. The number of aryl methyl sites for hydroxylation is 1. The number of nitrogens with zero attached hydrogens (tertiary/aromatic N) is 2. The van der Waals surface area contributed by atoms with Crippen LogP contribution in [0.4, 0.5) is 0 Å². The molecule has 0 aromatic carbocycles. The van der Waals surface area contributed by atoms with Gasteiger partial charge in [-0.15, -0.1) is 0 Å². The van der Waals surface area contributed by atoms with Crippen LogP contribution in [0.3, 0.4) is 0 Å². The van der Waals surface area contributed by atoms with Crippen molar-refractivity contribution >= 4 is 0 Å². The quantitative estimate of drug-likeness (QED) is 0.669. The second-order valence-corrected chi connectivity index (χ2v) is 3.41. The Bertz CT molecular complexity index is 275. The van der Waals surface area contributed by atoms with E-state index in [4.69, 9.17) is 15.2 Å². The molecule has 1 unspecified atom stereocenters. The maximum Gasteiger partial charge on any atom is 0.0792 e. The zero-order valence-electron chi connectivity index (χ0n) is 9.35. The lowest BCUT2D eigenvalue weighted by Crippen LogP contribution is -2.15. The van der Waals surface area contributed by atoms with Gasteiger partial charge in [-0.05, 0) is 12.5 Å². The summed E-state index contributed by atoms with van der Waals surface area (Å²) in [6, 6.07) is 1.88. The molecule has 0 radical (unpaired) electrons. The van der Waals surface area contributed by atoms with E-state index >= 15 is 0 Å². The largest absolute Gasteiger partial charge is 0.382 e. The fraction of sp³-hybridized carbons (Fsp3) is 0.700. The number of ether oxygens (including phenoxy) is 2. The van der Waals surface area contributed by atoms with Gasteiger partial charge in [0.1, 0.15) is 0 Å². The first kappa shape index (κ1) is 12.2. The zero-order valence-corrected chi connectivity index (χ0v) is 9.35. The molecule has 1 heterocycles. The maximum absolute atomic E-state index is 5.94. The van der Waals surface area contributed by atoms with Crippen LogP contribution in [0, 0.1) is 0 Å². The lowest BCUT2D eigenvalue weighted by molar-refractivity contribution is 0.0670. The van der Waals surface area contributed by atoms with Crippen molar-refractivity contribution in [2.24, 2.45) is 12.8 Å². The summed E-state index contributed by atoms with van der Waals surface area (Å²) in [6.45, 7) is 1.88. The van der Waals surface area contributed by atoms with Gasteiger partial charge in [0, 0.05) is 27.0 Å². The van der Waals surface area contributed by atoms with Crippen molar-refractivity contribution in [2.75, 3.05) is 26.9 Å². The number of hydrogen-bond acceptors (Lipinski definition) is 4.